The van der Waals surface area contributed by atoms with Crippen LogP contribution in [0.5, 0.6) is 17.4 Å². The number of ether oxygens (including phenoxy) is 3. The van der Waals surface area contributed by atoms with E-state index in [-0.39, 0.29) is 12.0 Å². The van der Waals surface area contributed by atoms with Gasteiger partial charge in [0.15, 0.2) is 11.5 Å². The average Bonchev–Trinajstić information content (AvgIpc) is 3.12. The molecule has 3 rings (SSSR count). The molecule has 1 fully saturated rings. The molecule has 23 heavy (non-hydrogen) atoms. The normalized spacial score (nSPS) is 16.8. The zero-order valence-corrected chi connectivity index (χ0v) is 12.8. The minimum Gasteiger partial charge on any atom is -0.493 e. The standard InChI is InChI=1S/C17H18N2O4/c1-21-13-5-2-3-6-14(13)23-16-9-8-12(11-18-16)19-17(20)15-7-4-10-22-15/h2-3,5-6,8-9,11,15H,4,7,10H2,1H3,(H,19,20)/t15-/m1/s1. The Labute approximate surface area is 134 Å². The van der Waals surface area contributed by atoms with E-state index < -0.39 is 0 Å². The molecule has 0 aliphatic carbocycles. The Bertz CT molecular complexity index is 667. The molecule has 2 aromatic rings. The van der Waals surface area contributed by atoms with Crippen molar-refractivity contribution < 1.29 is 19.0 Å². The van der Waals surface area contributed by atoms with E-state index in [1.54, 1.807) is 31.5 Å². The summed E-state index contributed by atoms with van der Waals surface area (Å²) < 4.78 is 16.3. The Hall–Kier alpha value is -2.60. The van der Waals surface area contributed by atoms with E-state index in [1.165, 1.54) is 0 Å². The number of rotatable bonds is 5. The van der Waals surface area contributed by atoms with Crippen molar-refractivity contribution in [3.63, 3.8) is 0 Å². The molecule has 0 radical (unpaired) electrons. The summed E-state index contributed by atoms with van der Waals surface area (Å²) in [6, 6.07) is 10.8. The molecule has 2 heterocycles. The Morgan fingerprint density at radius 2 is 2.09 bits per heavy atom. The summed E-state index contributed by atoms with van der Waals surface area (Å²) in [5, 5.41) is 2.79. The van der Waals surface area contributed by atoms with Crippen LogP contribution < -0.4 is 14.8 Å². The second-order valence-corrected chi connectivity index (χ2v) is 5.13. The predicted molar refractivity (Wildman–Crippen MR) is 84.9 cm³/mol. The van der Waals surface area contributed by atoms with Gasteiger partial charge in [-0.1, -0.05) is 12.1 Å². The molecule has 1 amide bonds. The van der Waals surface area contributed by atoms with E-state index >= 15 is 0 Å². The van der Waals surface area contributed by atoms with E-state index in [2.05, 4.69) is 10.3 Å². The lowest BCUT2D eigenvalue weighted by atomic mass is 10.2. The summed E-state index contributed by atoms with van der Waals surface area (Å²) in [6.07, 6.45) is 2.87. The third-order valence-corrected chi connectivity index (χ3v) is 3.51. The molecule has 0 spiro atoms. The molecule has 1 atom stereocenters. The van der Waals surface area contributed by atoms with Gasteiger partial charge in [-0.2, -0.15) is 0 Å². The number of aromatic nitrogens is 1. The van der Waals surface area contributed by atoms with Crippen molar-refractivity contribution >= 4 is 11.6 Å². The van der Waals surface area contributed by atoms with Gasteiger partial charge in [-0.3, -0.25) is 4.79 Å². The van der Waals surface area contributed by atoms with E-state index in [0.29, 0.717) is 29.7 Å². The van der Waals surface area contributed by atoms with Gasteiger partial charge >= 0.3 is 0 Å². The molecule has 1 aliphatic rings. The number of benzene rings is 1. The average molecular weight is 314 g/mol. The number of hydrogen-bond acceptors (Lipinski definition) is 5. The number of carbonyl (C=O) groups excluding carboxylic acids is 1. The molecule has 6 nitrogen and oxygen atoms in total. The molecule has 0 saturated carbocycles. The van der Waals surface area contributed by atoms with Crippen molar-refractivity contribution in [1.29, 1.82) is 0 Å². The fourth-order valence-electron chi connectivity index (χ4n) is 2.34. The third kappa shape index (κ3) is 3.78. The van der Waals surface area contributed by atoms with Crippen LogP contribution in [0.4, 0.5) is 5.69 Å². The van der Waals surface area contributed by atoms with Crippen molar-refractivity contribution in [2.75, 3.05) is 19.0 Å². The van der Waals surface area contributed by atoms with Gasteiger partial charge < -0.3 is 19.5 Å². The lowest BCUT2D eigenvalue weighted by Crippen LogP contribution is -2.26. The second-order valence-electron chi connectivity index (χ2n) is 5.13. The minimum absolute atomic E-state index is 0.136. The van der Waals surface area contributed by atoms with Crippen LogP contribution in [0.2, 0.25) is 0 Å². The summed E-state index contributed by atoms with van der Waals surface area (Å²) >= 11 is 0. The van der Waals surface area contributed by atoms with Crippen molar-refractivity contribution in [2.45, 2.75) is 18.9 Å². The fraction of sp³-hybridized carbons (Fsp3) is 0.294. The van der Waals surface area contributed by atoms with Crippen LogP contribution in [0.15, 0.2) is 42.6 Å². The maximum Gasteiger partial charge on any atom is 0.253 e. The SMILES string of the molecule is COc1ccccc1Oc1ccc(NC(=O)[C@H]2CCCO2)cn1. The van der Waals surface area contributed by atoms with Gasteiger partial charge in [0.2, 0.25) is 5.88 Å². The summed E-state index contributed by atoms with van der Waals surface area (Å²) in [4.78, 5) is 16.2. The lowest BCUT2D eigenvalue weighted by Gasteiger charge is -2.11. The molecule has 0 bridgehead atoms. The van der Waals surface area contributed by atoms with Crippen molar-refractivity contribution in [3.8, 4) is 17.4 Å². The van der Waals surface area contributed by atoms with Crippen molar-refractivity contribution in [3.05, 3.63) is 42.6 Å². The highest BCUT2D eigenvalue weighted by molar-refractivity contribution is 5.94. The monoisotopic (exact) mass is 314 g/mol. The molecule has 0 unspecified atom stereocenters. The van der Waals surface area contributed by atoms with E-state index in [9.17, 15) is 4.79 Å². The number of pyridine rings is 1. The first-order valence-corrected chi connectivity index (χ1v) is 7.45. The Morgan fingerprint density at radius 1 is 1.26 bits per heavy atom. The minimum atomic E-state index is -0.362. The first kappa shape index (κ1) is 15.3. The van der Waals surface area contributed by atoms with E-state index in [4.69, 9.17) is 14.2 Å². The molecule has 120 valence electrons. The van der Waals surface area contributed by atoms with Crippen LogP contribution in [0.3, 0.4) is 0 Å². The number of anilines is 1. The quantitative estimate of drug-likeness (QED) is 0.918. The zero-order valence-electron chi connectivity index (χ0n) is 12.8. The van der Waals surface area contributed by atoms with Gasteiger partial charge in [0.05, 0.1) is 19.0 Å². The topological polar surface area (TPSA) is 69.7 Å². The second kappa shape index (κ2) is 7.11. The zero-order chi connectivity index (χ0) is 16.1. The van der Waals surface area contributed by atoms with Crippen LogP contribution in [-0.2, 0) is 9.53 Å². The van der Waals surface area contributed by atoms with Crippen LogP contribution in [0.25, 0.3) is 0 Å². The molecule has 1 aliphatic heterocycles. The van der Waals surface area contributed by atoms with Gasteiger partial charge in [-0.05, 0) is 31.0 Å². The summed E-state index contributed by atoms with van der Waals surface area (Å²) in [6.45, 7) is 0.641. The van der Waals surface area contributed by atoms with Gasteiger partial charge in [-0.15, -0.1) is 0 Å². The molecule has 1 aromatic heterocycles. The Morgan fingerprint density at radius 3 is 2.74 bits per heavy atom. The van der Waals surface area contributed by atoms with E-state index in [1.807, 2.05) is 18.2 Å². The molecule has 1 aromatic carbocycles. The molecular weight excluding hydrogens is 296 g/mol. The highest BCUT2D eigenvalue weighted by atomic mass is 16.5. The Balaban J connectivity index is 1.63. The highest BCUT2D eigenvalue weighted by Gasteiger charge is 2.23. The first-order valence-electron chi connectivity index (χ1n) is 7.45. The summed E-state index contributed by atoms with van der Waals surface area (Å²) in [7, 11) is 1.58. The number of hydrogen-bond donors (Lipinski definition) is 1. The summed E-state index contributed by atoms with van der Waals surface area (Å²) in [5.41, 5.74) is 0.609. The first-order chi connectivity index (χ1) is 11.3. The Kier molecular flexibility index (Phi) is 4.73. The number of para-hydroxylation sites is 2. The molecule has 1 N–H and O–H groups in total. The van der Waals surface area contributed by atoms with Crippen LogP contribution >= 0.6 is 0 Å². The number of nitrogens with one attached hydrogen (secondary N) is 1. The van der Waals surface area contributed by atoms with Crippen molar-refractivity contribution in [1.82, 2.24) is 4.98 Å². The van der Waals surface area contributed by atoms with Crippen LogP contribution in [0.1, 0.15) is 12.8 Å². The number of carbonyl (C=O) groups is 1. The van der Waals surface area contributed by atoms with E-state index in [0.717, 1.165) is 12.8 Å². The van der Waals surface area contributed by atoms with Gasteiger partial charge in [0.1, 0.15) is 6.10 Å². The van der Waals surface area contributed by atoms with Crippen LogP contribution in [0, 0.1) is 0 Å². The highest BCUT2D eigenvalue weighted by Crippen LogP contribution is 2.30. The number of amides is 1. The van der Waals surface area contributed by atoms with Gasteiger partial charge in [0, 0.05) is 12.7 Å². The van der Waals surface area contributed by atoms with Crippen LogP contribution in [-0.4, -0.2) is 30.7 Å². The largest absolute Gasteiger partial charge is 0.493 e. The van der Waals surface area contributed by atoms with Gasteiger partial charge in [-0.25, -0.2) is 4.98 Å². The molecule has 6 heteroatoms. The molecule has 1 saturated heterocycles. The lowest BCUT2D eigenvalue weighted by molar-refractivity contribution is -0.124. The van der Waals surface area contributed by atoms with Crippen molar-refractivity contribution in [2.24, 2.45) is 0 Å². The maximum absolute atomic E-state index is 12.0. The molecular formula is C17H18N2O4. The number of methoxy groups -OCH3 is 1. The predicted octanol–water partition coefficient (Wildman–Crippen LogP) is 3.00. The smallest absolute Gasteiger partial charge is 0.253 e. The fourth-order valence-corrected chi connectivity index (χ4v) is 2.34. The third-order valence-electron chi connectivity index (χ3n) is 3.51. The number of nitrogens with zero attached hydrogens (tertiary/aromatic N) is 1. The summed E-state index contributed by atoms with van der Waals surface area (Å²) in [5.74, 6) is 1.50. The maximum atomic E-state index is 12.0. The van der Waals surface area contributed by atoms with Gasteiger partial charge in [0.25, 0.3) is 5.91 Å².